The molecule has 1 fully saturated rings. The lowest BCUT2D eigenvalue weighted by atomic mass is 9.71. The fourth-order valence-electron chi connectivity index (χ4n) is 3.38. The molecule has 20 heavy (non-hydrogen) atoms. The highest BCUT2D eigenvalue weighted by Crippen LogP contribution is 2.39. The van der Waals surface area contributed by atoms with Gasteiger partial charge in [0.25, 0.3) is 0 Å². The number of nitrogen functional groups attached to an aromatic ring is 1. The molecule has 2 atom stereocenters. The molecule has 1 aliphatic rings. The van der Waals surface area contributed by atoms with Gasteiger partial charge in [0.15, 0.2) is 0 Å². The van der Waals surface area contributed by atoms with E-state index in [1.54, 1.807) is 0 Å². The molecule has 1 aliphatic carbocycles. The van der Waals surface area contributed by atoms with E-state index >= 15 is 0 Å². The van der Waals surface area contributed by atoms with E-state index in [0.29, 0.717) is 18.1 Å². The average Bonchev–Trinajstić information content (AvgIpc) is 2.34. The standard InChI is InChI=1S/C17H26N2O/c1-12-8-15(10-17(2,3)9-12)20-11-13-4-6-14(7-5-13)16(18)19/h4-7,12,15H,8-11H2,1-3H3,(H3,18,19). The maximum atomic E-state index is 7.38. The van der Waals surface area contributed by atoms with Crippen LogP contribution < -0.4 is 5.73 Å². The van der Waals surface area contributed by atoms with Crippen LogP contribution in [-0.2, 0) is 11.3 Å². The van der Waals surface area contributed by atoms with Gasteiger partial charge in [0.05, 0.1) is 12.7 Å². The van der Waals surface area contributed by atoms with Crippen molar-refractivity contribution in [1.82, 2.24) is 0 Å². The van der Waals surface area contributed by atoms with Gasteiger partial charge >= 0.3 is 0 Å². The highest BCUT2D eigenvalue weighted by molar-refractivity contribution is 5.94. The van der Waals surface area contributed by atoms with Crippen molar-refractivity contribution < 1.29 is 4.74 Å². The van der Waals surface area contributed by atoms with Crippen molar-refractivity contribution >= 4 is 5.84 Å². The van der Waals surface area contributed by atoms with Gasteiger partial charge in [-0.1, -0.05) is 45.0 Å². The van der Waals surface area contributed by atoms with E-state index in [1.165, 1.54) is 6.42 Å². The Bertz CT molecular complexity index is 464. The van der Waals surface area contributed by atoms with Crippen molar-refractivity contribution in [3.63, 3.8) is 0 Å². The van der Waals surface area contributed by atoms with Gasteiger partial charge in [-0.25, -0.2) is 0 Å². The van der Waals surface area contributed by atoms with Gasteiger partial charge in [-0.2, -0.15) is 0 Å². The number of hydrogen-bond donors (Lipinski definition) is 2. The van der Waals surface area contributed by atoms with E-state index in [-0.39, 0.29) is 5.84 Å². The number of benzene rings is 1. The van der Waals surface area contributed by atoms with Gasteiger partial charge < -0.3 is 10.5 Å². The quantitative estimate of drug-likeness (QED) is 0.649. The third kappa shape index (κ3) is 4.07. The molecule has 2 unspecified atom stereocenters. The van der Waals surface area contributed by atoms with Crippen LogP contribution in [-0.4, -0.2) is 11.9 Å². The summed E-state index contributed by atoms with van der Waals surface area (Å²) >= 11 is 0. The monoisotopic (exact) mass is 274 g/mol. The van der Waals surface area contributed by atoms with Gasteiger partial charge in [0.1, 0.15) is 5.84 Å². The summed E-state index contributed by atoms with van der Waals surface area (Å²) < 4.78 is 6.09. The number of rotatable bonds is 4. The van der Waals surface area contributed by atoms with Crippen LogP contribution >= 0.6 is 0 Å². The van der Waals surface area contributed by atoms with Crippen molar-refractivity contribution in [3.8, 4) is 0 Å². The molecule has 0 bridgehead atoms. The summed E-state index contributed by atoms with van der Waals surface area (Å²) in [4.78, 5) is 0. The zero-order chi connectivity index (χ0) is 14.8. The lowest BCUT2D eigenvalue weighted by Crippen LogP contribution is -2.32. The minimum absolute atomic E-state index is 0.111. The summed E-state index contributed by atoms with van der Waals surface area (Å²) in [5.74, 6) is 0.851. The Balaban J connectivity index is 1.90. The molecule has 2 rings (SSSR count). The highest BCUT2D eigenvalue weighted by atomic mass is 16.5. The SMILES string of the molecule is CC1CC(OCc2ccc(C(=N)N)cc2)CC(C)(C)C1. The lowest BCUT2D eigenvalue weighted by Gasteiger charge is -2.38. The molecular formula is C17H26N2O. The lowest BCUT2D eigenvalue weighted by molar-refractivity contribution is -0.0316. The third-order valence-electron chi connectivity index (χ3n) is 4.10. The molecule has 0 heterocycles. The Kier molecular flexibility index (Phi) is 4.48. The van der Waals surface area contributed by atoms with Crippen LogP contribution in [0, 0.1) is 16.7 Å². The topological polar surface area (TPSA) is 59.1 Å². The molecule has 110 valence electrons. The van der Waals surface area contributed by atoms with Crippen LogP contribution in [0.1, 0.15) is 51.2 Å². The van der Waals surface area contributed by atoms with E-state index < -0.39 is 0 Å². The molecule has 3 N–H and O–H groups in total. The molecule has 3 nitrogen and oxygen atoms in total. The van der Waals surface area contributed by atoms with Crippen LogP contribution in [0.3, 0.4) is 0 Å². The van der Waals surface area contributed by atoms with Crippen molar-refractivity contribution in [2.45, 2.75) is 52.7 Å². The third-order valence-corrected chi connectivity index (χ3v) is 4.10. The number of nitrogens with two attached hydrogens (primary N) is 1. The summed E-state index contributed by atoms with van der Waals surface area (Å²) in [6, 6.07) is 7.76. The number of amidine groups is 1. The highest BCUT2D eigenvalue weighted by Gasteiger charge is 2.32. The first-order valence-electron chi connectivity index (χ1n) is 7.41. The molecule has 0 spiro atoms. The summed E-state index contributed by atoms with van der Waals surface area (Å²) in [5, 5.41) is 7.38. The first kappa shape index (κ1) is 15.0. The van der Waals surface area contributed by atoms with Crippen LogP contribution in [0.5, 0.6) is 0 Å². The van der Waals surface area contributed by atoms with E-state index in [0.717, 1.165) is 29.9 Å². The van der Waals surface area contributed by atoms with Crippen molar-refractivity contribution in [2.75, 3.05) is 0 Å². The van der Waals surface area contributed by atoms with Crippen molar-refractivity contribution in [1.29, 1.82) is 5.41 Å². The zero-order valence-corrected chi connectivity index (χ0v) is 12.8. The minimum Gasteiger partial charge on any atom is -0.384 e. The average molecular weight is 274 g/mol. The zero-order valence-electron chi connectivity index (χ0n) is 12.8. The van der Waals surface area contributed by atoms with E-state index in [2.05, 4.69) is 20.8 Å². The molecular weight excluding hydrogens is 248 g/mol. The maximum Gasteiger partial charge on any atom is 0.122 e. The second-order valence-electron chi connectivity index (χ2n) is 6.96. The molecule has 0 aliphatic heterocycles. The molecule has 1 aromatic rings. The van der Waals surface area contributed by atoms with Crippen molar-refractivity contribution in [2.24, 2.45) is 17.1 Å². The minimum atomic E-state index is 0.111. The molecule has 1 aromatic carbocycles. The summed E-state index contributed by atoms with van der Waals surface area (Å²) in [5.41, 5.74) is 7.75. The van der Waals surface area contributed by atoms with Gasteiger partial charge in [0, 0.05) is 5.56 Å². The van der Waals surface area contributed by atoms with E-state index in [4.69, 9.17) is 15.9 Å². The smallest absolute Gasteiger partial charge is 0.122 e. The summed E-state index contributed by atoms with van der Waals surface area (Å²) in [7, 11) is 0. The number of nitrogens with one attached hydrogen (secondary N) is 1. The summed E-state index contributed by atoms with van der Waals surface area (Å²) in [6.07, 6.45) is 3.96. The maximum absolute atomic E-state index is 7.38. The van der Waals surface area contributed by atoms with Crippen LogP contribution in [0.15, 0.2) is 24.3 Å². The normalized spacial score (nSPS) is 25.4. The predicted molar refractivity (Wildman–Crippen MR) is 82.8 cm³/mol. The van der Waals surface area contributed by atoms with Gasteiger partial charge in [0.2, 0.25) is 0 Å². The first-order valence-corrected chi connectivity index (χ1v) is 7.41. The molecule has 0 amide bonds. The van der Waals surface area contributed by atoms with Crippen LogP contribution in [0.2, 0.25) is 0 Å². The fourth-order valence-corrected chi connectivity index (χ4v) is 3.38. The first-order chi connectivity index (χ1) is 9.35. The second-order valence-corrected chi connectivity index (χ2v) is 6.96. The number of hydrogen-bond acceptors (Lipinski definition) is 2. The molecule has 0 aromatic heterocycles. The largest absolute Gasteiger partial charge is 0.384 e. The molecule has 3 heteroatoms. The van der Waals surface area contributed by atoms with Gasteiger partial charge in [-0.3, -0.25) is 5.41 Å². The fraction of sp³-hybridized carbons (Fsp3) is 0.588. The Morgan fingerprint density at radius 1 is 1.30 bits per heavy atom. The Morgan fingerprint density at radius 2 is 1.95 bits per heavy atom. The van der Waals surface area contributed by atoms with Crippen LogP contribution in [0.25, 0.3) is 0 Å². The molecule has 1 saturated carbocycles. The molecule has 0 radical (unpaired) electrons. The van der Waals surface area contributed by atoms with E-state index in [9.17, 15) is 0 Å². The summed E-state index contributed by atoms with van der Waals surface area (Å²) in [6.45, 7) is 7.63. The van der Waals surface area contributed by atoms with Gasteiger partial charge in [-0.05, 0) is 36.2 Å². The Labute approximate surface area is 122 Å². The Morgan fingerprint density at radius 3 is 2.50 bits per heavy atom. The van der Waals surface area contributed by atoms with Gasteiger partial charge in [-0.15, -0.1) is 0 Å². The van der Waals surface area contributed by atoms with E-state index in [1.807, 2.05) is 24.3 Å². The van der Waals surface area contributed by atoms with Crippen molar-refractivity contribution in [3.05, 3.63) is 35.4 Å². The predicted octanol–water partition coefficient (Wildman–Crippen LogP) is 3.70. The second kappa shape index (κ2) is 5.96. The van der Waals surface area contributed by atoms with Crippen LogP contribution in [0.4, 0.5) is 0 Å². The molecule has 0 saturated heterocycles. The number of ether oxygens (including phenoxy) is 1. The Hall–Kier alpha value is -1.35.